The first-order valence-corrected chi connectivity index (χ1v) is 5.40. The number of halogens is 2. The van der Waals surface area contributed by atoms with E-state index in [4.69, 9.17) is 4.74 Å². The van der Waals surface area contributed by atoms with E-state index in [9.17, 15) is 13.9 Å². The van der Waals surface area contributed by atoms with Crippen LogP contribution in [0, 0.1) is 0 Å². The third-order valence-electron chi connectivity index (χ3n) is 2.10. The van der Waals surface area contributed by atoms with Gasteiger partial charge in [0.25, 0.3) is 6.43 Å². The lowest BCUT2D eigenvalue weighted by atomic mass is 10.1. The summed E-state index contributed by atoms with van der Waals surface area (Å²) < 4.78 is 33.5. The summed E-state index contributed by atoms with van der Waals surface area (Å²) in [5.41, 5.74) is 0.614. The summed E-state index contributed by atoms with van der Waals surface area (Å²) in [4.78, 5) is 0. The van der Waals surface area contributed by atoms with Crippen molar-refractivity contribution in [1.29, 1.82) is 0 Å². The summed E-state index contributed by atoms with van der Waals surface area (Å²) in [5.74, 6) is 0.706. The molecule has 0 aliphatic carbocycles. The Balaban J connectivity index is 2.43. The SMILES string of the molecule is CCOc1ccc(C(O)COCC(F)F)cc1. The molecule has 0 aliphatic heterocycles. The normalized spacial score (nSPS) is 12.8. The molecule has 0 saturated heterocycles. The molecule has 0 aliphatic rings. The van der Waals surface area contributed by atoms with E-state index in [0.717, 1.165) is 0 Å². The van der Waals surface area contributed by atoms with Crippen LogP contribution in [0.5, 0.6) is 5.75 Å². The highest BCUT2D eigenvalue weighted by Gasteiger charge is 2.09. The number of rotatable bonds is 7. The predicted octanol–water partition coefficient (Wildman–Crippen LogP) is 2.40. The number of hydrogen-bond donors (Lipinski definition) is 1. The Morgan fingerprint density at radius 1 is 1.18 bits per heavy atom. The summed E-state index contributed by atoms with van der Waals surface area (Å²) in [7, 11) is 0. The second-order valence-electron chi connectivity index (χ2n) is 3.45. The molecule has 1 unspecified atom stereocenters. The molecule has 0 aromatic heterocycles. The van der Waals surface area contributed by atoms with Gasteiger partial charge in [-0.25, -0.2) is 8.78 Å². The van der Waals surface area contributed by atoms with Crippen LogP contribution in [0.3, 0.4) is 0 Å². The van der Waals surface area contributed by atoms with Crippen LogP contribution in [0.25, 0.3) is 0 Å². The zero-order valence-electron chi connectivity index (χ0n) is 9.61. The first-order valence-electron chi connectivity index (χ1n) is 5.40. The van der Waals surface area contributed by atoms with Gasteiger partial charge in [0, 0.05) is 0 Å². The summed E-state index contributed by atoms with van der Waals surface area (Å²) in [6.07, 6.45) is -3.41. The highest BCUT2D eigenvalue weighted by molar-refractivity contribution is 5.28. The average molecular weight is 246 g/mol. The molecule has 1 N–H and O–H groups in total. The summed E-state index contributed by atoms with van der Waals surface area (Å²) in [5, 5.41) is 9.64. The first kappa shape index (κ1) is 13.9. The molecular weight excluding hydrogens is 230 g/mol. The molecule has 0 fully saturated rings. The van der Waals surface area contributed by atoms with Crippen LogP contribution in [0.2, 0.25) is 0 Å². The molecule has 0 radical (unpaired) electrons. The van der Waals surface area contributed by atoms with Crippen molar-refractivity contribution in [2.24, 2.45) is 0 Å². The van der Waals surface area contributed by atoms with E-state index >= 15 is 0 Å². The zero-order valence-corrected chi connectivity index (χ0v) is 9.61. The van der Waals surface area contributed by atoms with Gasteiger partial charge in [-0.2, -0.15) is 0 Å². The van der Waals surface area contributed by atoms with Gasteiger partial charge < -0.3 is 14.6 Å². The van der Waals surface area contributed by atoms with Crippen LogP contribution in [-0.2, 0) is 4.74 Å². The zero-order chi connectivity index (χ0) is 12.7. The van der Waals surface area contributed by atoms with E-state index in [2.05, 4.69) is 4.74 Å². The Kier molecular flexibility index (Phi) is 5.86. The van der Waals surface area contributed by atoms with Gasteiger partial charge in [-0.3, -0.25) is 0 Å². The fourth-order valence-electron chi connectivity index (χ4n) is 1.32. The number of ether oxygens (including phenoxy) is 2. The van der Waals surface area contributed by atoms with Crippen LogP contribution in [0.15, 0.2) is 24.3 Å². The van der Waals surface area contributed by atoms with E-state index in [-0.39, 0.29) is 6.61 Å². The minimum Gasteiger partial charge on any atom is -0.494 e. The van der Waals surface area contributed by atoms with Crippen molar-refractivity contribution in [1.82, 2.24) is 0 Å². The molecule has 1 rings (SSSR count). The highest BCUT2D eigenvalue weighted by atomic mass is 19.3. The molecule has 3 nitrogen and oxygen atoms in total. The van der Waals surface area contributed by atoms with Crippen molar-refractivity contribution in [3.05, 3.63) is 29.8 Å². The van der Waals surface area contributed by atoms with Gasteiger partial charge in [0.05, 0.1) is 13.2 Å². The predicted molar refractivity (Wildman–Crippen MR) is 59.4 cm³/mol. The smallest absolute Gasteiger partial charge is 0.261 e. The lowest BCUT2D eigenvalue weighted by molar-refractivity contribution is -0.0204. The Labute approximate surface area is 99.0 Å². The minimum absolute atomic E-state index is 0.141. The Morgan fingerprint density at radius 3 is 2.35 bits per heavy atom. The molecule has 5 heteroatoms. The molecule has 0 spiro atoms. The van der Waals surface area contributed by atoms with Gasteiger partial charge in [-0.05, 0) is 24.6 Å². The third-order valence-corrected chi connectivity index (χ3v) is 2.10. The van der Waals surface area contributed by atoms with Crippen LogP contribution in [0.1, 0.15) is 18.6 Å². The molecule has 1 atom stereocenters. The molecule has 0 amide bonds. The monoisotopic (exact) mass is 246 g/mol. The van der Waals surface area contributed by atoms with Gasteiger partial charge in [0.1, 0.15) is 18.5 Å². The van der Waals surface area contributed by atoms with Crippen LogP contribution < -0.4 is 4.74 Å². The molecule has 0 saturated carbocycles. The highest BCUT2D eigenvalue weighted by Crippen LogP contribution is 2.18. The van der Waals surface area contributed by atoms with E-state index in [1.54, 1.807) is 24.3 Å². The molecule has 1 aromatic carbocycles. The standard InChI is InChI=1S/C12H16F2O3/c1-2-17-10-5-3-9(4-6-10)11(15)7-16-8-12(13)14/h3-6,11-12,15H,2,7-8H2,1H3. The second kappa shape index (κ2) is 7.19. The van der Waals surface area contributed by atoms with Gasteiger partial charge in [0.15, 0.2) is 0 Å². The van der Waals surface area contributed by atoms with Crippen molar-refractivity contribution in [2.45, 2.75) is 19.5 Å². The molecule has 0 bridgehead atoms. The Morgan fingerprint density at radius 2 is 1.82 bits per heavy atom. The summed E-state index contributed by atoms with van der Waals surface area (Å²) in [6.45, 7) is 1.65. The Hall–Kier alpha value is -1.20. The maximum absolute atomic E-state index is 11.8. The minimum atomic E-state index is -2.51. The molecule has 1 aromatic rings. The largest absolute Gasteiger partial charge is 0.494 e. The number of alkyl halides is 2. The van der Waals surface area contributed by atoms with Crippen molar-refractivity contribution in [3.8, 4) is 5.75 Å². The molecule has 0 heterocycles. The number of hydrogen-bond acceptors (Lipinski definition) is 3. The summed E-state index contributed by atoms with van der Waals surface area (Å²) >= 11 is 0. The first-order chi connectivity index (χ1) is 8.13. The van der Waals surface area contributed by atoms with Crippen molar-refractivity contribution >= 4 is 0 Å². The van der Waals surface area contributed by atoms with Crippen LogP contribution in [-0.4, -0.2) is 31.4 Å². The van der Waals surface area contributed by atoms with E-state index in [1.165, 1.54) is 0 Å². The van der Waals surface area contributed by atoms with Gasteiger partial charge in [-0.1, -0.05) is 12.1 Å². The second-order valence-corrected chi connectivity index (χ2v) is 3.45. The van der Waals surface area contributed by atoms with Crippen LogP contribution >= 0.6 is 0 Å². The van der Waals surface area contributed by atoms with Crippen molar-refractivity contribution < 1.29 is 23.4 Å². The quantitative estimate of drug-likeness (QED) is 0.803. The van der Waals surface area contributed by atoms with Gasteiger partial charge >= 0.3 is 0 Å². The number of aliphatic hydroxyl groups excluding tert-OH is 1. The summed E-state index contributed by atoms with van der Waals surface area (Å²) in [6, 6.07) is 6.80. The average Bonchev–Trinajstić information content (AvgIpc) is 2.30. The fourth-order valence-corrected chi connectivity index (χ4v) is 1.32. The van der Waals surface area contributed by atoms with Crippen LogP contribution in [0.4, 0.5) is 8.78 Å². The molecule has 96 valence electrons. The maximum atomic E-state index is 11.8. The molecule has 17 heavy (non-hydrogen) atoms. The number of aliphatic hydroxyl groups is 1. The van der Waals surface area contributed by atoms with E-state index in [1.807, 2.05) is 6.92 Å². The van der Waals surface area contributed by atoms with Crippen molar-refractivity contribution in [2.75, 3.05) is 19.8 Å². The van der Waals surface area contributed by atoms with Gasteiger partial charge in [-0.15, -0.1) is 0 Å². The fraction of sp³-hybridized carbons (Fsp3) is 0.500. The van der Waals surface area contributed by atoms with Crippen molar-refractivity contribution in [3.63, 3.8) is 0 Å². The van der Waals surface area contributed by atoms with E-state index in [0.29, 0.717) is 17.9 Å². The lowest BCUT2D eigenvalue weighted by Crippen LogP contribution is -2.11. The third kappa shape index (κ3) is 5.10. The number of benzene rings is 1. The molecular formula is C12H16F2O3. The maximum Gasteiger partial charge on any atom is 0.261 e. The topological polar surface area (TPSA) is 38.7 Å². The lowest BCUT2D eigenvalue weighted by Gasteiger charge is -2.12. The van der Waals surface area contributed by atoms with Gasteiger partial charge in [0.2, 0.25) is 0 Å². The Bertz CT molecular complexity index is 314. The van der Waals surface area contributed by atoms with E-state index < -0.39 is 19.1 Å².